The van der Waals surface area contributed by atoms with Crippen LogP contribution in [0.3, 0.4) is 0 Å². The van der Waals surface area contributed by atoms with Crippen LogP contribution < -0.4 is 4.74 Å². The number of halogens is 3. The van der Waals surface area contributed by atoms with E-state index in [-0.39, 0.29) is 5.75 Å². The number of aromatic nitrogens is 1. The van der Waals surface area contributed by atoms with Gasteiger partial charge in [-0.05, 0) is 13.8 Å². The Morgan fingerprint density at radius 3 is 2.00 bits per heavy atom. The zero-order chi connectivity index (χ0) is 10.1. The molecule has 1 rings (SSSR count). The van der Waals surface area contributed by atoms with Gasteiger partial charge in [0.15, 0.2) is 0 Å². The van der Waals surface area contributed by atoms with E-state index in [9.17, 15) is 13.2 Å². The number of hydrogen-bond donors (Lipinski definition) is 0. The molecule has 72 valence electrons. The topological polar surface area (TPSA) is 22.1 Å². The Morgan fingerprint density at radius 2 is 1.62 bits per heavy atom. The minimum absolute atomic E-state index is 0.164. The van der Waals surface area contributed by atoms with Gasteiger partial charge >= 0.3 is 6.36 Å². The van der Waals surface area contributed by atoms with E-state index in [1.807, 2.05) is 0 Å². The van der Waals surface area contributed by atoms with Gasteiger partial charge in [0, 0.05) is 23.5 Å². The van der Waals surface area contributed by atoms with Crippen molar-refractivity contribution < 1.29 is 17.9 Å². The lowest BCUT2D eigenvalue weighted by Crippen LogP contribution is -2.18. The summed E-state index contributed by atoms with van der Waals surface area (Å²) >= 11 is 0. The van der Waals surface area contributed by atoms with Gasteiger partial charge in [-0.3, -0.25) is 4.98 Å². The molecule has 0 fully saturated rings. The van der Waals surface area contributed by atoms with Crippen molar-refractivity contribution in [1.82, 2.24) is 4.98 Å². The lowest BCUT2D eigenvalue weighted by molar-refractivity contribution is -0.275. The van der Waals surface area contributed by atoms with Crippen molar-refractivity contribution in [2.45, 2.75) is 20.2 Å². The highest BCUT2D eigenvalue weighted by molar-refractivity contribution is 5.36. The van der Waals surface area contributed by atoms with Crippen LogP contribution in [0, 0.1) is 13.8 Å². The van der Waals surface area contributed by atoms with Crippen molar-refractivity contribution in [3.63, 3.8) is 0 Å². The van der Waals surface area contributed by atoms with E-state index in [1.54, 1.807) is 0 Å². The summed E-state index contributed by atoms with van der Waals surface area (Å²) in [7, 11) is 0. The predicted octanol–water partition coefficient (Wildman–Crippen LogP) is 2.60. The Bertz CT molecular complexity index is 288. The maximum atomic E-state index is 11.9. The van der Waals surface area contributed by atoms with Crippen molar-refractivity contribution in [2.24, 2.45) is 0 Å². The van der Waals surface area contributed by atoms with E-state index < -0.39 is 6.36 Å². The fourth-order valence-electron chi connectivity index (χ4n) is 0.966. The highest BCUT2D eigenvalue weighted by Gasteiger charge is 2.32. The second-order valence-corrected chi connectivity index (χ2v) is 2.65. The van der Waals surface area contributed by atoms with Gasteiger partial charge < -0.3 is 4.74 Å². The molecule has 1 aromatic rings. The van der Waals surface area contributed by atoms with Crippen LogP contribution in [-0.2, 0) is 0 Å². The van der Waals surface area contributed by atoms with Gasteiger partial charge in [-0.25, -0.2) is 0 Å². The van der Waals surface area contributed by atoms with Gasteiger partial charge in [0.05, 0.1) is 0 Å². The number of rotatable bonds is 1. The molecule has 0 aromatic carbocycles. The summed E-state index contributed by atoms with van der Waals surface area (Å²) in [5.74, 6) is -0.164. The molecule has 0 aliphatic carbocycles. The van der Waals surface area contributed by atoms with Crippen molar-refractivity contribution in [3.05, 3.63) is 23.5 Å². The first-order valence-electron chi connectivity index (χ1n) is 3.57. The molecular formula is C8H8F3NO. The standard InChI is InChI=1S/C8H8F3NO/c1-5-3-12-4-6(2)7(5)13-8(9,10)11/h3-4H,1-2H3. The van der Waals surface area contributed by atoms with E-state index in [1.165, 1.54) is 26.2 Å². The molecular weight excluding hydrogens is 183 g/mol. The maximum Gasteiger partial charge on any atom is 0.573 e. The average molecular weight is 191 g/mol. The molecule has 13 heavy (non-hydrogen) atoms. The van der Waals surface area contributed by atoms with Gasteiger partial charge in [0.2, 0.25) is 0 Å². The monoisotopic (exact) mass is 191 g/mol. The Labute approximate surface area is 73.4 Å². The molecule has 0 bridgehead atoms. The van der Waals surface area contributed by atoms with Gasteiger partial charge in [-0.15, -0.1) is 13.2 Å². The van der Waals surface area contributed by atoms with E-state index in [4.69, 9.17) is 0 Å². The predicted molar refractivity (Wildman–Crippen MR) is 40.4 cm³/mol. The van der Waals surface area contributed by atoms with E-state index in [2.05, 4.69) is 9.72 Å². The van der Waals surface area contributed by atoms with Crippen LogP contribution in [0.15, 0.2) is 12.4 Å². The molecule has 1 heterocycles. The average Bonchev–Trinajstić information content (AvgIpc) is 1.95. The summed E-state index contributed by atoms with van der Waals surface area (Å²) in [6, 6.07) is 0. The summed E-state index contributed by atoms with van der Waals surface area (Å²) in [4.78, 5) is 3.73. The smallest absolute Gasteiger partial charge is 0.405 e. The number of alkyl halides is 3. The molecule has 5 heteroatoms. The van der Waals surface area contributed by atoms with Crippen LogP contribution in [-0.4, -0.2) is 11.3 Å². The van der Waals surface area contributed by atoms with E-state index in [0.717, 1.165) is 0 Å². The third-order valence-corrected chi connectivity index (χ3v) is 1.47. The minimum Gasteiger partial charge on any atom is -0.405 e. The van der Waals surface area contributed by atoms with Crippen molar-refractivity contribution >= 4 is 0 Å². The molecule has 0 saturated heterocycles. The fourth-order valence-corrected chi connectivity index (χ4v) is 0.966. The summed E-state index contributed by atoms with van der Waals surface area (Å²) in [5, 5.41) is 0. The Morgan fingerprint density at radius 1 is 1.15 bits per heavy atom. The number of ether oxygens (including phenoxy) is 1. The van der Waals surface area contributed by atoms with Crippen LogP contribution in [0.4, 0.5) is 13.2 Å². The van der Waals surface area contributed by atoms with Crippen LogP contribution in [0.5, 0.6) is 5.75 Å². The molecule has 0 atom stereocenters. The second-order valence-electron chi connectivity index (χ2n) is 2.65. The molecule has 0 saturated carbocycles. The number of hydrogen-bond acceptors (Lipinski definition) is 2. The molecule has 2 nitrogen and oxygen atoms in total. The molecule has 0 spiro atoms. The van der Waals surface area contributed by atoms with Crippen molar-refractivity contribution in [2.75, 3.05) is 0 Å². The first-order valence-corrected chi connectivity index (χ1v) is 3.57. The number of pyridine rings is 1. The Balaban J connectivity index is 3.00. The van der Waals surface area contributed by atoms with Crippen LogP contribution in [0.1, 0.15) is 11.1 Å². The SMILES string of the molecule is Cc1cncc(C)c1OC(F)(F)F. The van der Waals surface area contributed by atoms with Gasteiger partial charge in [-0.2, -0.15) is 0 Å². The van der Waals surface area contributed by atoms with E-state index in [0.29, 0.717) is 11.1 Å². The van der Waals surface area contributed by atoms with Crippen molar-refractivity contribution in [3.8, 4) is 5.75 Å². The Kier molecular flexibility index (Phi) is 2.45. The molecule has 0 radical (unpaired) electrons. The molecule has 0 aliphatic rings. The van der Waals surface area contributed by atoms with Crippen LogP contribution >= 0.6 is 0 Å². The highest BCUT2D eigenvalue weighted by Crippen LogP contribution is 2.28. The van der Waals surface area contributed by atoms with Crippen molar-refractivity contribution in [1.29, 1.82) is 0 Å². The summed E-state index contributed by atoms with van der Waals surface area (Å²) < 4.78 is 39.4. The normalized spacial score (nSPS) is 11.5. The lowest BCUT2D eigenvalue weighted by Gasteiger charge is -2.12. The quantitative estimate of drug-likeness (QED) is 0.680. The first kappa shape index (κ1) is 9.83. The summed E-state index contributed by atoms with van der Waals surface area (Å²) in [6.07, 6.45) is -1.99. The summed E-state index contributed by atoms with van der Waals surface area (Å²) in [6.45, 7) is 3.03. The minimum atomic E-state index is -4.64. The number of nitrogens with zero attached hydrogens (tertiary/aromatic N) is 1. The van der Waals surface area contributed by atoms with Gasteiger partial charge in [0.25, 0.3) is 0 Å². The fraction of sp³-hybridized carbons (Fsp3) is 0.375. The first-order chi connectivity index (χ1) is 5.90. The van der Waals surface area contributed by atoms with Crippen LogP contribution in [0.25, 0.3) is 0 Å². The molecule has 0 aliphatic heterocycles. The largest absolute Gasteiger partial charge is 0.573 e. The molecule has 0 amide bonds. The molecule has 1 aromatic heterocycles. The zero-order valence-electron chi connectivity index (χ0n) is 7.14. The lowest BCUT2D eigenvalue weighted by atomic mass is 10.2. The highest BCUT2D eigenvalue weighted by atomic mass is 19.4. The Hall–Kier alpha value is -1.26. The van der Waals surface area contributed by atoms with Crippen LogP contribution in [0.2, 0.25) is 0 Å². The third kappa shape index (κ3) is 2.61. The van der Waals surface area contributed by atoms with E-state index >= 15 is 0 Å². The molecule has 0 N–H and O–H groups in total. The zero-order valence-corrected chi connectivity index (χ0v) is 7.14. The molecule has 0 unspecified atom stereocenters. The maximum absolute atomic E-state index is 11.9. The number of aryl methyl sites for hydroxylation is 2. The van der Waals surface area contributed by atoms with Gasteiger partial charge in [0.1, 0.15) is 5.75 Å². The second kappa shape index (κ2) is 3.24. The summed E-state index contributed by atoms with van der Waals surface area (Å²) in [5.41, 5.74) is 0.745. The van der Waals surface area contributed by atoms with Gasteiger partial charge in [-0.1, -0.05) is 0 Å². The third-order valence-electron chi connectivity index (χ3n) is 1.47.